The number of nitrogens with two attached hydrogens (primary N) is 3. The van der Waals surface area contributed by atoms with Crippen molar-refractivity contribution in [1.82, 2.24) is 0 Å². The van der Waals surface area contributed by atoms with Gasteiger partial charge in [-0.3, -0.25) is 13.6 Å². The van der Waals surface area contributed by atoms with Gasteiger partial charge in [-0.15, -0.1) is 0 Å². The van der Waals surface area contributed by atoms with Crippen molar-refractivity contribution < 1.29 is 78.3 Å². The fourth-order valence-corrected chi connectivity index (χ4v) is 5.50. The lowest BCUT2D eigenvalue weighted by atomic mass is 9.97. The van der Waals surface area contributed by atoms with Crippen LogP contribution in [-0.4, -0.2) is 158 Å². The molecule has 20 heteroatoms. The maximum Gasteiger partial charge on any atom is 0.482 e. The first kappa shape index (κ1) is 32.0. The minimum absolute atomic E-state index is 0.807. The van der Waals surface area contributed by atoms with Crippen LogP contribution in [0.15, 0.2) is 0 Å². The molecule has 19 nitrogen and oxygen atoms in total. The van der Waals surface area contributed by atoms with Gasteiger partial charge in [-0.2, -0.15) is 0 Å². The number of ether oxygens (including phenoxy) is 3. The van der Waals surface area contributed by atoms with Crippen LogP contribution >= 0.6 is 7.82 Å². The summed E-state index contributed by atoms with van der Waals surface area (Å²) >= 11 is 0. The first-order valence-electron chi connectivity index (χ1n) is 11.6. The lowest BCUT2D eigenvalue weighted by Crippen LogP contribution is -2.64. The largest absolute Gasteiger partial charge is 0.482 e. The van der Waals surface area contributed by atoms with Gasteiger partial charge in [-0.05, 0) is 0 Å². The van der Waals surface area contributed by atoms with Gasteiger partial charge in [-0.1, -0.05) is 0 Å². The molecule has 0 aromatic heterocycles. The highest BCUT2D eigenvalue weighted by molar-refractivity contribution is 7.48. The van der Waals surface area contributed by atoms with E-state index in [1.807, 2.05) is 0 Å². The number of aliphatic hydroxyl groups excluding tert-OH is 9. The number of aliphatic hydroxyl groups is 9. The van der Waals surface area contributed by atoms with Gasteiger partial charge >= 0.3 is 7.82 Å². The minimum Gasteiger partial charge on any atom is -0.394 e. The number of hydrogen-bond donors (Lipinski definition) is 12. The fourth-order valence-electron chi connectivity index (χ4n) is 4.06. The third kappa shape index (κ3) is 6.52. The molecule has 0 aromatic carbocycles. The third-order valence-electron chi connectivity index (χ3n) is 6.51. The van der Waals surface area contributed by atoms with Gasteiger partial charge in [0.1, 0.15) is 54.9 Å². The van der Waals surface area contributed by atoms with Crippen LogP contribution in [-0.2, 0) is 32.3 Å². The molecule has 0 spiro atoms. The number of phosphoric acid groups is 1. The molecule has 3 aliphatic rings. The Labute approximate surface area is 215 Å². The highest BCUT2D eigenvalue weighted by atomic mass is 31.2. The van der Waals surface area contributed by atoms with Crippen molar-refractivity contribution in [3.8, 4) is 0 Å². The van der Waals surface area contributed by atoms with E-state index in [9.17, 15) is 50.5 Å². The van der Waals surface area contributed by atoms with Crippen molar-refractivity contribution in [2.24, 2.45) is 17.2 Å². The van der Waals surface area contributed by atoms with Crippen LogP contribution in [0, 0.1) is 0 Å². The Morgan fingerprint density at radius 3 is 0.974 bits per heavy atom. The van der Waals surface area contributed by atoms with E-state index in [1.165, 1.54) is 0 Å². The second-order valence-electron chi connectivity index (χ2n) is 9.12. The molecule has 0 radical (unpaired) electrons. The first-order valence-corrected chi connectivity index (χ1v) is 13.0. The summed E-state index contributed by atoms with van der Waals surface area (Å²) in [4.78, 5) is 0. The molecule has 3 fully saturated rings. The predicted molar refractivity (Wildman–Crippen MR) is 118 cm³/mol. The van der Waals surface area contributed by atoms with E-state index in [2.05, 4.69) is 0 Å². The topological polar surface area (TPSA) is 333 Å². The Hall–Kier alpha value is -0.490. The van der Waals surface area contributed by atoms with Crippen molar-refractivity contribution in [3.05, 3.63) is 0 Å². The molecule has 0 aromatic rings. The van der Waals surface area contributed by atoms with Gasteiger partial charge in [0.25, 0.3) is 0 Å². The molecule has 3 heterocycles. The summed E-state index contributed by atoms with van der Waals surface area (Å²) in [5, 5.41) is 89.8. The molecular weight excluding hydrogens is 545 g/mol. The molecule has 15 N–H and O–H groups in total. The number of rotatable bonds is 9. The van der Waals surface area contributed by atoms with Crippen LogP contribution in [0.25, 0.3) is 0 Å². The zero-order chi connectivity index (χ0) is 28.5. The molecule has 0 amide bonds. The SMILES string of the molecule is N[C@@H]1[C@@H](O)[C@@H](OP(=O)(O[C@H]2O[C@H](CO)[C@@H](O)[C@H](N)[C@H]2O)O[C@H]2O[C@H](CO)[C@@H](O)[C@H](N)[C@H]2O)O[C@H](CO)[C@H]1O. The average Bonchev–Trinajstić information content (AvgIpc) is 2.89. The molecule has 15 atom stereocenters. The molecule has 38 heavy (non-hydrogen) atoms. The monoisotopic (exact) mass is 581 g/mol. The second kappa shape index (κ2) is 13.0. The number of hydrogen-bond acceptors (Lipinski definition) is 19. The molecule has 0 unspecified atom stereocenters. The fraction of sp³-hybridized carbons (Fsp3) is 1.00. The zero-order valence-corrected chi connectivity index (χ0v) is 20.7. The lowest BCUT2D eigenvalue weighted by Gasteiger charge is -2.44. The summed E-state index contributed by atoms with van der Waals surface area (Å²) in [6.07, 6.45) is -20.7. The van der Waals surface area contributed by atoms with Crippen LogP contribution < -0.4 is 17.2 Å². The van der Waals surface area contributed by atoms with Crippen molar-refractivity contribution in [3.63, 3.8) is 0 Å². The molecule has 0 aliphatic carbocycles. The summed E-state index contributed by atoms with van der Waals surface area (Å²) in [5.74, 6) is 0. The van der Waals surface area contributed by atoms with Gasteiger partial charge in [0.2, 0.25) is 0 Å². The molecule has 0 saturated carbocycles. The highest BCUT2D eigenvalue weighted by Gasteiger charge is 2.53. The Bertz CT molecular complexity index is 712. The zero-order valence-electron chi connectivity index (χ0n) is 19.8. The predicted octanol–water partition coefficient (Wildman–Crippen LogP) is -7.56. The maximum absolute atomic E-state index is 13.9. The standard InChI is InChI=1S/C18H36N3O16P/c19-7-10(25)4(1-22)32-16(13(7)28)35-38(31,36-17-14(29)8(20)11(26)5(2-23)33-17)37-18-15(30)9(21)12(27)6(3-24)34-18/h4-18,22-30H,1-3,19-21H2/t4-,5-,6-,7+,8+,9+,10-,11-,12-,13-,14-,15-,16-,17-,18-/m1/s1. The van der Waals surface area contributed by atoms with Gasteiger partial charge in [0.15, 0.2) is 18.9 Å². The maximum atomic E-state index is 13.9. The van der Waals surface area contributed by atoms with Gasteiger partial charge < -0.3 is 77.4 Å². The van der Waals surface area contributed by atoms with Crippen molar-refractivity contribution in [2.75, 3.05) is 19.8 Å². The lowest BCUT2D eigenvalue weighted by molar-refractivity contribution is -0.287. The van der Waals surface area contributed by atoms with Crippen LogP contribution in [0.4, 0.5) is 0 Å². The van der Waals surface area contributed by atoms with Gasteiger partial charge in [0, 0.05) is 0 Å². The van der Waals surface area contributed by atoms with Crippen molar-refractivity contribution >= 4 is 7.82 Å². The summed E-state index contributed by atoms with van der Waals surface area (Å²) in [6.45, 7) is -2.42. The number of phosphoric ester groups is 1. The van der Waals surface area contributed by atoms with E-state index in [0.717, 1.165) is 0 Å². The van der Waals surface area contributed by atoms with Crippen LogP contribution in [0.5, 0.6) is 0 Å². The van der Waals surface area contributed by atoms with E-state index in [0.29, 0.717) is 0 Å². The summed E-state index contributed by atoms with van der Waals surface area (Å²) < 4.78 is 45.2. The average molecular weight is 581 g/mol. The summed E-state index contributed by atoms with van der Waals surface area (Å²) in [6, 6.07) is -4.47. The molecule has 224 valence electrons. The van der Waals surface area contributed by atoms with E-state index < -0.39 is 120 Å². The molecule has 3 aliphatic heterocycles. The summed E-state index contributed by atoms with van der Waals surface area (Å²) in [5.41, 5.74) is 17.2. The minimum atomic E-state index is -5.30. The first-order chi connectivity index (χ1) is 17.8. The quantitative estimate of drug-likeness (QED) is 0.112. The third-order valence-corrected chi connectivity index (χ3v) is 7.91. The molecule has 0 bridgehead atoms. The van der Waals surface area contributed by atoms with Gasteiger partial charge in [0.05, 0.1) is 37.9 Å². The van der Waals surface area contributed by atoms with E-state index in [1.54, 1.807) is 0 Å². The van der Waals surface area contributed by atoms with E-state index in [4.69, 9.17) is 45.0 Å². The van der Waals surface area contributed by atoms with E-state index in [-0.39, 0.29) is 0 Å². The van der Waals surface area contributed by atoms with Crippen LogP contribution in [0.3, 0.4) is 0 Å². The van der Waals surface area contributed by atoms with Crippen LogP contribution in [0.2, 0.25) is 0 Å². The van der Waals surface area contributed by atoms with Crippen LogP contribution in [0.1, 0.15) is 0 Å². The summed E-state index contributed by atoms with van der Waals surface area (Å²) in [7, 11) is -5.30. The van der Waals surface area contributed by atoms with Crippen molar-refractivity contribution in [1.29, 1.82) is 0 Å². The Balaban J connectivity index is 1.91. The molecular formula is C18H36N3O16P. The van der Waals surface area contributed by atoms with E-state index >= 15 is 0 Å². The Morgan fingerprint density at radius 2 is 0.763 bits per heavy atom. The second-order valence-corrected chi connectivity index (χ2v) is 10.6. The normalized spacial score (nSPS) is 48.7. The Kier molecular flexibility index (Phi) is 11.0. The smallest absolute Gasteiger partial charge is 0.394 e. The Morgan fingerprint density at radius 1 is 0.526 bits per heavy atom. The van der Waals surface area contributed by atoms with Crippen molar-refractivity contribution in [2.45, 2.75) is 91.9 Å². The highest BCUT2D eigenvalue weighted by Crippen LogP contribution is 2.55. The molecule has 3 saturated heterocycles. The molecule has 3 rings (SSSR count). The van der Waals surface area contributed by atoms with Gasteiger partial charge in [-0.25, -0.2) is 4.57 Å².